The molecule has 4 saturated carbocycles. The molecule has 1 amide bonds. The molecule has 0 aromatic heterocycles. The molecular weight excluding hydrogens is 370 g/mol. The molecule has 5 aliphatic rings. The zero-order valence-corrected chi connectivity index (χ0v) is 17.0. The van der Waals surface area contributed by atoms with Crippen LogP contribution in [0.1, 0.15) is 50.5 Å². The largest absolute Gasteiger partial charge is 0.377 e. The summed E-state index contributed by atoms with van der Waals surface area (Å²) in [5.74, 6) is 9.72. The lowest BCUT2D eigenvalue weighted by Gasteiger charge is -2.54. The van der Waals surface area contributed by atoms with Crippen LogP contribution in [-0.4, -0.2) is 34.6 Å². The Morgan fingerprint density at radius 2 is 1.71 bits per heavy atom. The van der Waals surface area contributed by atoms with Crippen LogP contribution < -0.4 is 0 Å². The minimum Gasteiger partial charge on any atom is -0.377 e. The fraction of sp³-hybridized carbons (Fsp3) is 0.625. The zero-order chi connectivity index (χ0) is 19.3. The number of nitrogens with zero attached hydrogens (tertiary/aromatic N) is 1. The minimum absolute atomic E-state index is 0.247. The number of rotatable bonds is 1. The van der Waals surface area contributed by atoms with Gasteiger partial charge in [-0.15, -0.1) is 0 Å². The van der Waals surface area contributed by atoms with Crippen molar-refractivity contribution < 1.29 is 9.90 Å². The highest BCUT2D eigenvalue weighted by Gasteiger charge is 2.52. The molecule has 0 atom stereocenters. The van der Waals surface area contributed by atoms with Gasteiger partial charge in [0, 0.05) is 42.4 Å². The molecule has 5 fully saturated rings. The number of halogens is 1. The van der Waals surface area contributed by atoms with Crippen LogP contribution in [0.15, 0.2) is 24.3 Å². The van der Waals surface area contributed by atoms with Crippen molar-refractivity contribution in [1.82, 2.24) is 4.90 Å². The molecule has 1 heterocycles. The fourth-order valence-electron chi connectivity index (χ4n) is 6.52. The van der Waals surface area contributed by atoms with Crippen molar-refractivity contribution in [3.8, 4) is 11.8 Å². The van der Waals surface area contributed by atoms with E-state index < -0.39 is 5.60 Å². The van der Waals surface area contributed by atoms with Crippen molar-refractivity contribution in [2.45, 2.75) is 50.5 Å². The van der Waals surface area contributed by atoms with Crippen LogP contribution >= 0.6 is 11.6 Å². The van der Waals surface area contributed by atoms with Gasteiger partial charge in [-0.1, -0.05) is 29.5 Å². The van der Waals surface area contributed by atoms with Crippen LogP contribution in [0.2, 0.25) is 5.02 Å². The van der Waals surface area contributed by atoms with Gasteiger partial charge in [-0.3, -0.25) is 4.79 Å². The number of piperidine rings is 1. The van der Waals surface area contributed by atoms with Crippen LogP contribution in [-0.2, 0) is 4.79 Å². The number of hydrogen-bond donors (Lipinski definition) is 1. The first-order chi connectivity index (χ1) is 13.5. The van der Waals surface area contributed by atoms with Gasteiger partial charge >= 0.3 is 0 Å². The second kappa shape index (κ2) is 7.08. The van der Waals surface area contributed by atoms with Gasteiger partial charge in [0.15, 0.2) is 0 Å². The van der Waals surface area contributed by atoms with Crippen LogP contribution in [0.3, 0.4) is 0 Å². The van der Waals surface area contributed by atoms with Crippen molar-refractivity contribution in [3.05, 3.63) is 34.9 Å². The van der Waals surface area contributed by atoms with E-state index in [-0.39, 0.29) is 5.92 Å². The number of likely N-dealkylation sites (tertiary alicyclic amines) is 1. The van der Waals surface area contributed by atoms with E-state index in [9.17, 15) is 9.90 Å². The first kappa shape index (κ1) is 18.5. The molecule has 6 rings (SSSR count). The first-order valence-corrected chi connectivity index (χ1v) is 11.2. The summed E-state index contributed by atoms with van der Waals surface area (Å²) in [6, 6.07) is 7.38. The van der Waals surface area contributed by atoms with E-state index in [4.69, 9.17) is 11.6 Å². The Morgan fingerprint density at radius 1 is 1.07 bits per heavy atom. The average molecular weight is 398 g/mol. The Hall–Kier alpha value is -1.50. The van der Waals surface area contributed by atoms with Gasteiger partial charge in [-0.2, -0.15) is 0 Å². The van der Waals surface area contributed by atoms with Crippen molar-refractivity contribution in [1.29, 1.82) is 0 Å². The molecule has 0 unspecified atom stereocenters. The molecule has 1 aromatic rings. The summed E-state index contributed by atoms with van der Waals surface area (Å²) < 4.78 is 0. The van der Waals surface area contributed by atoms with Gasteiger partial charge in [-0.25, -0.2) is 0 Å². The van der Waals surface area contributed by atoms with Crippen molar-refractivity contribution >= 4 is 17.5 Å². The topological polar surface area (TPSA) is 40.5 Å². The third kappa shape index (κ3) is 3.46. The molecule has 1 N–H and O–H groups in total. The van der Waals surface area contributed by atoms with Gasteiger partial charge < -0.3 is 10.0 Å². The summed E-state index contributed by atoms with van der Waals surface area (Å²) in [5.41, 5.74) is -0.198. The Balaban J connectivity index is 1.23. The Bertz CT molecular complexity index is 802. The average Bonchev–Trinajstić information content (AvgIpc) is 2.66. The SMILES string of the molecule is O=C(C1C2CC3CC(C2)CC1C3)N1CCC(O)(C#Cc2cccc(Cl)c2)CC1. The van der Waals surface area contributed by atoms with E-state index in [0.717, 1.165) is 17.4 Å². The van der Waals surface area contributed by atoms with E-state index in [0.29, 0.717) is 48.7 Å². The fourth-order valence-corrected chi connectivity index (χ4v) is 6.71. The number of carbonyl (C=O) groups is 1. The predicted molar refractivity (Wildman–Crippen MR) is 110 cm³/mol. The third-order valence-electron chi connectivity index (χ3n) is 7.68. The maximum Gasteiger partial charge on any atom is 0.226 e. The first-order valence-electron chi connectivity index (χ1n) is 10.8. The monoisotopic (exact) mass is 397 g/mol. The predicted octanol–water partition coefficient (Wildman–Crippen LogP) is 4.12. The summed E-state index contributed by atoms with van der Waals surface area (Å²) in [5, 5.41) is 11.5. The molecular formula is C24H28ClNO2. The lowest BCUT2D eigenvalue weighted by atomic mass is 9.51. The molecule has 1 aromatic carbocycles. The Kier molecular flexibility index (Phi) is 4.68. The van der Waals surface area contributed by atoms with Gasteiger partial charge in [0.25, 0.3) is 0 Å². The van der Waals surface area contributed by atoms with Crippen LogP contribution in [0, 0.1) is 41.4 Å². The zero-order valence-electron chi connectivity index (χ0n) is 16.2. The molecule has 3 nitrogen and oxygen atoms in total. The molecule has 28 heavy (non-hydrogen) atoms. The summed E-state index contributed by atoms with van der Waals surface area (Å²) in [7, 11) is 0. The maximum absolute atomic E-state index is 13.3. The Morgan fingerprint density at radius 3 is 2.32 bits per heavy atom. The van der Waals surface area contributed by atoms with Gasteiger partial charge in [0.2, 0.25) is 5.91 Å². The standard InChI is InChI=1S/C24H28ClNO2/c25-21-3-1-2-16(15-21)4-5-24(28)6-8-26(9-7-24)23(27)22-19-11-17-10-18(13-19)14-20(22)12-17/h1-3,15,17-20,22,28H,6-14H2. The van der Waals surface area contributed by atoms with E-state index in [1.165, 1.54) is 32.1 Å². The summed E-state index contributed by atoms with van der Waals surface area (Å²) >= 11 is 6.01. The summed E-state index contributed by atoms with van der Waals surface area (Å²) in [6.45, 7) is 1.23. The molecule has 4 aliphatic carbocycles. The summed E-state index contributed by atoms with van der Waals surface area (Å²) in [6.07, 6.45) is 7.55. The van der Waals surface area contributed by atoms with Crippen LogP contribution in [0.5, 0.6) is 0 Å². The van der Waals surface area contributed by atoms with E-state index in [1.54, 1.807) is 0 Å². The van der Waals surface area contributed by atoms with Gasteiger partial charge in [-0.05, 0) is 74.0 Å². The minimum atomic E-state index is -1.01. The maximum atomic E-state index is 13.3. The number of amides is 1. The normalized spacial score (nSPS) is 35.4. The quantitative estimate of drug-likeness (QED) is 0.724. The molecule has 0 spiro atoms. The number of benzene rings is 1. The highest BCUT2D eigenvalue weighted by molar-refractivity contribution is 6.30. The van der Waals surface area contributed by atoms with E-state index >= 15 is 0 Å². The van der Waals surface area contributed by atoms with Crippen molar-refractivity contribution in [2.24, 2.45) is 29.6 Å². The molecule has 4 heteroatoms. The van der Waals surface area contributed by atoms with E-state index in [2.05, 4.69) is 11.8 Å². The highest BCUT2D eigenvalue weighted by Crippen LogP contribution is 2.57. The highest BCUT2D eigenvalue weighted by atomic mass is 35.5. The second-order valence-electron chi connectivity index (χ2n) is 9.57. The number of carbonyl (C=O) groups excluding carboxylic acids is 1. The molecule has 1 saturated heterocycles. The van der Waals surface area contributed by atoms with E-state index in [1.807, 2.05) is 29.2 Å². The smallest absolute Gasteiger partial charge is 0.226 e. The summed E-state index contributed by atoms with van der Waals surface area (Å²) in [4.78, 5) is 15.3. The molecule has 1 aliphatic heterocycles. The molecule has 4 bridgehead atoms. The lowest BCUT2D eigenvalue weighted by molar-refractivity contribution is -0.151. The van der Waals surface area contributed by atoms with Crippen LogP contribution in [0.25, 0.3) is 0 Å². The Labute approximate surface area is 172 Å². The lowest BCUT2D eigenvalue weighted by Crippen LogP contribution is -2.54. The van der Waals surface area contributed by atoms with Crippen LogP contribution in [0.4, 0.5) is 0 Å². The third-order valence-corrected chi connectivity index (χ3v) is 7.91. The van der Waals surface area contributed by atoms with Gasteiger partial charge in [0.05, 0.1) is 0 Å². The molecule has 0 radical (unpaired) electrons. The van der Waals surface area contributed by atoms with Crippen molar-refractivity contribution in [2.75, 3.05) is 13.1 Å². The second-order valence-corrected chi connectivity index (χ2v) is 10.0. The number of hydrogen-bond acceptors (Lipinski definition) is 2. The van der Waals surface area contributed by atoms with Gasteiger partial charge in [0.1, 0.15) is 5.60 Å². The van der Waals surface area contributed by atoms with Crippen molar-refractivity contribution in [3.63, 3.8) is 0 Å². The number of aliphatic hydroxyl groups is 1. The molecule has 148 valence electrons.